The molecule has 0 radical (unpaired) electrons. The van der Waals surface area contributed by atoms with Crippen LogP contribution >= 0.6 is 0 Å². The maximum Gasteiger partial charge on any atom is 0.146 e. The van der Waals surface area contributed by atoms with Gasteiger partial charge in [-0.3, -0.25) is 5.10 Å². The van der Waals surface area contributed by atoms with Gasteiger partial charge in [0.2, 0.25) is 0 Å². The van der Waals surface area contributed by atoms with Gasteiger partial charge in [0.1, 0.15) is 18.0 Å². The van der Waals surface area contributed by atoms with Crippen LogP contribution in [0.2, 0.25) is 0 Å². The van der Waals surface area contributed by atoms with Gasteiger partial charge in [-0.1, -0.05) is 6.07 Å². The third-order valence-corrected chi connectivity index (χ3v) is 4.21. The Morgan fingerprint density at radius 2 is 1.89 bits per heavy atom. The molecule has 2 heterocycles. The first-order valence-electron chi connectivity index (χ1n) is 8.47. The SMILES string of the molecule is Nc1cc(NCCNc2ncnc3ccc(-c4cn[nH]c4)cc23)ccc1F. The number of benzene rings is 2. The van der Waals surface area contributed by atoms with E-state index in [1.807, 2.05) is 24.4 Å². The molecule has 0 saturated heterocycles. The zero-order chi connectivity index (χ0) is 18.6. The number of nitrogens with zero attached hydrogens (tertiary/aromatic N) is 3. The molecule has 2 aromatic carbocycles. The third-order valence-electron chi connectivity index (χ3n) is 4.21. The van der Waals surface area contributed by atoms with E-state index in [2.05, 4.69) is 30.8 Å². The number of hydrogen-bond acceptors (Lipinski definition) is 6. The number of anilines is 3. The van der Waals surface area contributed by atoms with Crippen LogP contribution in [0, 0.1) is 5.82 Å². The summed E-state index contributed by atoms with van der Waals surface area (Å²) in [7, 11) is 0. The van der Waals surface area contributed by atoms with Crippen LogP contribution in [0.5, 0.6) is 0 Å². The summed E-state index contributed by atoms with van der Waals surface area (Å²) in [5.74, 6) is 0.338. The Labute approximate surface area is 154 Å². The zero-order valence-electron chi connectivity index (χ0n) is 14.4. The molecule has 0 unspecified atom stereocenters. The first kappa shape index (κ1) is 16.8. The van der Waals surface area contributed by atoms with Crippen LogP contribution in [-0.4, -0.2) is 33.3 Å². The van der Waals surface area contributed by atoms with E-state index in [0.29, 0.717) is 13.1 Å². The normalized spacial score (nSPS) is 10.9. The summed E-state index contributed by atoms with van der Waals surface area (Å²) in [5.41, 5.74) is 9.37. The fraction of sp³-hybridized carbons (Fsp3) is 0.105. The Morgan fingerprint density at radius 1 is 1.00 bits per heavy atom. The Balaban J connectivity index is 1.46. The van der Waals surface area contributed by atoms with Crippen molar-refractivity contribution in [1.29, 1.82) is 0 Å². The predicted octanol–water partition coefficient (Wildman–Crippen LogP) is 3.27. The van der Waals surface area contributed by atoms with Crippen LogP contribution in [0.25, 0.3) is 22.0 Å². The fourth-order valence-electron chi connectivity index (χ4n) is 2.83. The minimum Gasteiger partial charge on any atom is -0.396 e. The number of fused-ring (bicyclic) bond motifs is 1. The van der Waals surface area contributed by atoms with Crippen LogP contribution in [0.15, 0.2) is 55.1 Å². The van der Waals surface area contributed by atoms with Gasteiger partial charge < -0.3 is 16.4 Å². The summed E-state index contributed by atoms with van der Waals surface area (Å²) >= 11 is 0. The van der Waals surface area contributed by atoms with Crippen LogP contribution < -0.4 is 16.4 Å². The summed E-state index contributed by atoms with van der Waals surface area (Å²) in [5, 5.41) is 14.3. The van der Waals surface area contributed by atoms with Crippen molar-refractivity contribution in [3.05, 3.63) is 60.9 Å². The van der Waals surface area contributed by atoms with Gasteiger partial charge >= 0.3 is 0 Å². The number of halogens is 1. The Kier molecular flexibility index (Phi) is 4.52. The number of hydrogen-bond donors (Lipinski definition) is 4. The summed E-state index contributed by atoms with van der Waals surface area (Å²) in [6.45, 7) is 1.25. The van der Waals surface area contributed by atoms with Crippen molar-refractivity contribution in [3.8, 4) is 11.1 Å². The Bertz CT molecular complexity index is 1060. The highest BCUT2D eigenvalue weighted by molar-refractivity contribution is 5.92. The standard InChI is InChI=1S/C19H18FN7/c20-16-3-2-14(8-17(16)21)22-5-6-23-19-15-7-12(13-9-26-27-10-13)1-4-18(15)24-11-25-19/h1-4,7-11,22H,5-6,21H2,(H,26,27)(H,23,24,25). The van der Waals surface area contributed by atoms with Crippen molar-refractivity contribution in [3.63, 3.8) is 0 Å². The fourth-order valence-corrected chi connectivity index (χ4v) is 2.83. The Morgan fingerprint density at radius 3 is 2.70 bits per heavy atom. The first-order valence-corrected chi connectivity index (χ1v) is 8.47. The molecule has 8 heteroatoms. The highest BCUT2D eigenvalue weighted by Gasteiger charge is 2.07. The van der Waals surface area contributed by atoms with Gasteiger partial charge in [-0.05, 0) is 35.9 Å². The molecular weight excluding hydrogens is 345 g/mol. The lowest BCUT2D eigenvalue weighted by Crippen LogP contribution is -2.14. The number of aromatic amines is 1. The molecule has 0 saturated carbocycles. The van der Waals surface area contributed by atoms with E-state index < -0.39 is 5.82 Å². The quantitative estimate of drug-likeness (QED) is 0.310. The molecule has 0 fully saturated rings. The molecule has 0 aliphatic rings. The minimum atomic E-state index is -0.417. The molecule has 4 rings (SSSR count). The number of H-pyrrole nitrogens is 1. The second-order valence-electron chi connectivity index (χ2n) is 6.03. The van der Waals surface area contributed by atoms with E-state index in [4.69, 9.17) is 5.73 Å². The molecule has 0 amide bonds. The smallest absolute Gasteiger partial charge is 0.146 e. The maximum atomic E-state index is 13.2. The second-order valence-corrected chi connectivity index (χ2v) is 6.03. The van der Waals surface area contributed by atoms with Crippen molar-refractivity contribution < 1.29 is 4.39 Å². The highest BCUT2D eigenvalue weighted by atomic mass is 19.1. The molecule has 7 nitrogen and oxygen atoms in total. The van der Waals surface area contributed by atoms with E-state index in [9.17, 15) is 4.39 Å². The lowest BCUT2D eigenvalue weighted by atomic mass is 10.1. The van der Waals surface area contributed by atoms with Crippen molar-refractivity contribution in [1.82, 2.24) is 20.2 Å². The van der Waals surface area contributed by atoms with Gasteiger partial charge in [-0.2, -0.15) is 5.10 Å². The number of aromatic nitrogens is 4. The van der Waals surface area contributed by atoms with Crippen molar-refractivity contribution >= 4 is 28.1 Å². The monoisotopic (exact) mass is 363 g/mol. The van der Waals surface area contributed by atoms with E-state index in [0.717, 1.165) is 33.5 Å². The molecule has 0 aliphatic carbocycles. The van der Waals surface area contributed by atoms with Gasteiger partial charge in [-0.25, -0.2) is 14.4 Å². The minimum absolute atomic E-state index is 0.126. The lowest BCUT2D eigenvalue weighted by Gasteiger charge is -2.11. The maximum absolute atomic E-state index is 13.2. The van der Waals surface area contributed by atoms with E-state index in [1.54, 1.807) is 18.3 Å². The van der Waals surface area contributed by atoms with Gasteiger partial charge in [0, 0.05) is 35.9 Å². The molecule has 0 atom stereocenters. The van der Waals surface area contributed by atoms with Gasteiger partial charge in [0.25, 0.3) is 0 Å². The zero-order valence-corrected chi connectivity index (χ0v) is 14.4. The average molecular weight is 363 g/mol. The number of nitrogen functional groups attached to an aromatic ring is 1. The average Bonchev–Trinajstić information content (AvgIpc) is 3.22. The molecular formula is C19H18FN7. The highest BCUT2D eigenvalue weighted by Crippen LogP contribution is 2.26. The molecule has 5 N–H and O–H groups in total. The summed E-state index contributed by atoms with van der Waals surface area (Å²) < 4.78 is 13.2. The topological polar surface area (TPSA) is 105 Å². The van der Waals surface area contributed by atoms with E-state index >= 15 is 0 Å². The van der Waals surface area contributed by atoms with Gasteiger partial charge in [0.15, 0.2) is 0 Å². The van der Waals surface area contributed by atoms with Gasteiger partial charge in [0.05, 0.1) is 17.4 Å². The molecule has 0 aliphatic heterocycles. The molecule has 4 aromatic rings. The summed E-state index contributed by atoms with van der Waals surface area (Å²) in [4.78, 5) is 8.68. The molecule has 27 heavy (non-hydrogen) atoms. The third kappa shape index (κ3) is 3.64. The van der Waals surface area contributed by atoms with Crippen LogP contribution in [0.4, 0.5) is 21.6 Å². The second kappa shape index (κ2) is 7.28. The number of nitrogens with one attached hydrogen (secondary N) is 3. The summed E-state index contributed by atoms with van der Waals surface area (Å²) in [6.07, 6.45) is 5.16. The van der Waals surface area contributed by atoms with Crippen LogP contribution in [0.3, 0.4) is 0 Å². The van der Waals surface area contributed by atoms with Crippen molar-refractivity contribution in [2.75, 3.05) is 29.5 Å². The molecule has 0 bridgehead atoms. The van der Waals surface area contributed by atoms with Crippen molar-refractivity contribution in [2.45, 2.75) is 0 Å². The van der Waals surface area contributed by atoms with Crippen LogP contribution in [0.1, 0.15) is 0 Å². The lowest BCUT2D eigenvalue weighted by molar-refractivity contribution is 0.632. The first-order chi connectivity index (χ1) is 13.2. The Hall–Kier alpha value is -3.68. The largest absolute Gasteiger partial charge is 0.396 e. The summed E-state index contributed by atoms with van der Waals surface area (Å²) in [6, 6.07) is 10.6. The van der Waals surface area contributed by atoms with Crippen LogP contribution in [-0.2, 0) is 0 Å². The van der Waals surface area contributed by atoms with Crippen molar-refractivity contribution in [2.24, 2.45) is 0 Å². The molecule has 0 spiro atoms. The van der Waals surface area contributed by atoms with Gasteiger partial charge in [-0.15, -0.1) is 0 Å². The van der Waals surface area contributed by atoms with E-state index in [-0.39, 0.29) is 5.69 Å². The predicted molar refractivity (Wildman–Crippen MR) is 105 cm³/mol. The number of nitrogens with two attached hydrogens (primary N) is 1. The molecule has 136 valence electrons. The van der Waals surface area contributed by atoms with E-state index in [1.165, 1.54) is 12.4 Å². The number of rotatable bonds is 6. The molecule has 2 aromatic heterocycles.